The van der Waals surface area contributed by atoms with E-state index in [1.165, 1.54) is 11.8 Å². The van der Waals surface area contributed by atoms with Gasteiger partial charge >= 0.3 is 0 Å². The molecule has 0 fully saturated rings. The molecule has 36 heavy (non-hydrogen) atoms. The lowest BCUT2D eigenvalue weighted by atomic mass is 10.1. The number of aryl methyl sites for hydroxylation is 1. The Morgan fingerprint density at radius 3 is 2.58 bits per heavy atom. The topological polar surface area (TPSA) is 96.5 Å². The van der Waals surface area contributed by atoms with Crippen LogP contribution in [0.1, 0.15) is 45.4 Å². The van der Waals surface area contributed by atoms with E-state index in [1.807, 2.05) is 50.4 Å². The number of rotatable bonds is 7. The van der Waals surface area contributed by atoms with E-state index in [4.69, 9.17) is 21.1 Å². The van der Waals surface area contributed by atoms with Crippen LogP contribution in [-0.4, -0.2) is 41.1 Å². The van der Waals surface area contributed by atoms with Crippen molar-refractivity contribution in [2.45, 2.75) is 44.5 Å². The van der Waals surface area contributed by atoms with Gasteiger partial charge in [0.2, 0.25) is 0 Å². The number of carbonyl (C=O) groups is 1. The smallest absolute Gasteiger partial charge is 0.277 e. The zero-order valence-corrected chi connectivity index (χ0v) is 22.7. The molecule has 2 aromatic heterocycles. The molecule has 1 amide bonds. The maximum atomic E-state index is 13.1. The summed E-state index contributed by atoms with van der Waals surface area (Å²) >= 11 is 7.99. The predicted molar refractivity (Wildman–Crippen MR) is 141 cm³/mol. The summed E-state index contributed by atoms with van der Waals surface area (Å²) in [6.45, 7) is 6.19. The predicted octanol–water partition coefficient (Wildman–Crippen LogP) is 4.40. The molecular formula is C26H29ClN4O4S. The number of thioether (sulfide) groups is 1. The highest BCUT2D eigenvalue weighted by Gasteiger charge is 2.42. The van der Waals surface area contributed by atoms with Crippen LogP contribution in [0.25, 0.3) is 0 Å². The minimum Gasteiger partial charge on any atom is -0.444 e. The molecule has 1 aromatic carbocycles. The highest BCUT2D eigenvalue weighted by molar-refractivity contribution is 7.98. The van der Waals surface area contributed by atoms with E-state index in [2.05, 4.69) is 15.3 Å². The van der Waals surface area contributed by atoms with Gasteiger partial charge in [-0.25, -0.2) is 0 Å². The first-order chi connectivity index (χ1) is 17.0. The van der Waals surface area contributed by atoms with E-state index >= 15 is 0 Å². The number of hydrogen-bond acceptors (Lipinski definition) is 7. The maximum Gasteiger partial charge on any atom is 0.277 e. The molecule has 2 N–H and O–H groups in total. The second-order valence-electron chi connectivity index (χ2n) is 9.13. The number of ether oxygens (including phenoxy) is 2. The molecule has 1 atom stereocenters. The molecule has 1 unspecified atom stereocenters. The lowest BCUT2D eigenvalue weighted by Crippen LogP contribution is -2.32. The number of carbonyl (C=O) groups excluding carboxylic acids is 1. The molecule has 0 aliphatic carbocycles. The Labute approximate surface area is 219 Å². The van der Waals surface area contributed by atoms with E-state index < -0.39 is 5.79 Å². The van der Waals surface area contributed by atoms with Gasteiger partial charge in [-0.05, 0) is 58.5 Å². The van der Waals surface area contributed by atoms with E-state index in [1.54, 1.807) is 26.1 Å². The molecule has 0 spiro atoms. The summed E-state index contributed by atoms with van der Waals surface area (Å²) in [5.41, 5.74) is 3.64. The van der Waals surface area contributed by atoms with Crippen molar-refractivity contribution < 1.29 is 14.3 Å². The summed E-state index contributed by atoms with van der Waals surface area (Å²) in [6, 6.07) is 7.29. The number of benzene rings is 1. The van der Waals surface area contributed by atoms with Crippen LogP contribution < -0.4 is 20.3 Å². The normalized spacial score (nSPS) is 16.4. The van der Waals surface area contributed by atoms with Gasteiger partial charge < -0.3 is 24.7 Å². The fourth-order valence-electron chi connectivity index (χ4n) is 4.09. The molecule has 3 aromatic rings. The van der Waals surface area contributed by atoms with Gasteiger partial charge in [0.15, 0.2) is 11.5 Å². The summed E-state index contributed by atoms with van der Waals surface area (Å²) in [5.74, 6) is -0.718. The zero-order valence-electron chi connectivity index (χ0n) is 21.1. The first-order valence-corrected chi connectivity index (χ1v) is 13.0. The lowest BCUT2D eigenvalue weighted by Gasteiger charge is -2.23. The van der Waals surface area contributed by atoms with Crippen molar-refractivity contribution in [2.75, 3.05) is 20.4 Å². The second-order valence-corrected chi connectivity index (χ2v) is 10.4. The summed E-state index contributed by atoms with van der Waals surface area (Å²) in [5, 5.41) is 3.11. The number of fused-ring (bicyclic) bond motifs is 1. The van der Waals surface area contributed by atoms with Crippen LogP contribution in [-0.2, 0) is 18.9 Å². The Morgan fingerprint density at radius 2 is 1.94 bits per heavy atom. The van der Waals surface area contributed by atoms with Crippen molar-refractivity contribution in [3.63, 3.8) is 0 Å². The largest absolute Gasteiger partial charge is 0.444 e. The summed E-state index contributed by atoms with van der Waals surface area (Å²) in [4.78, 5) is 35.7. The van der Waals surface area contributed by atoms with Crippen LogP contribution in [0.5, 0.6) is 11.5 Å². The highest BCUT2D eigenvalue weighted by atomic mass is 35.5. The molecule has 0 saturated carbocycles. The van der Waals surface area contributed by atoms with Crippen LogP contribution in [0, 0.1) is 13.8 Å². The Kier molecular flexibility index (Phi) is 7.36. The molecule has 0 bridgehead atoms. The van der Waals surface area contributed by atoms with Crippen molar-refractivity contribution >= 4 is 29.3 Å². The minimum atomic E-state index is -1.14. The maximum absolute atomic E-state index is 13.1. The molecule has 4 rings (SSSR count). The van der Waals surface area contributed by atoms with Crippen molar-refractivity contribution in [1.29, 1.82) is 0 Å². The van der Waals surface area contributed by atoms with Gasteiger partial charge in [-0.1, -0.05) is 11.6 Å². The Bertz CT molecular complexity index is 1370. The van der Waals surface area contributed by atoms with Gasteiger partial charge in [0.1, 0.15) is 0 Å². The number of nitrogens with zero attached hydrogens (tertiary/aromatic N) is 2. The number of H-pyrrole nitrogens is 1. The van der Waals surface area contributed by atoms with Crippen molar-refractivity contribution in [3.8, 4) is 11.5 Å². The number of amides is 1. The van der Waals surface area contributed by atoms with Crippen LogP contribution >= 0.6 is 23.4 Å². The molecule has 0 radical (unpaired) electrons. The van der Waals surface area contributed by atoms with Crippen LogP contribution in [0.3, 0.4) is 0 Å². The summed E-state index contributed by atoms with van der Waals surface area (Å²) in [6.07, 6.45) is 3.62. The SMILES string of the molecule is CSc1cc(C)[nH]c(=O)c1CNC(=O)c1cc(Cl)c2c(c1C)OC(C)(c1ccc(CN(C)C)nc1)O2. The van der Waals surface area contributed by atoms with Gasteiger partial charge in [0, 0.05) is 53.5 Å². The van der Waals surface area contributed by atoms with Crippen LogP contribution in [0.15, 0.2) is 40.2 Å². The van der Waals surface area contributed by atoms with Crippen molar-refractivity contribution in [3.05, 3.63) is 79.5 Å². The number of aromatic amines is 1. The third-order valence-electron chi connectivity index (χ3n) is 5.98. The molecule has 3 heterocycles. The van der Waals surface area contributed by atoms with Crippen LogP contribution in [0.4, 0.5) is 0 Å². The number of nitrogens with one attached hydrogen (secondary N) is 2. The summed E-state index contributed by atoms with van der Waals surface area (Å²) < 4.78 is 12.4. The number of hydrogen-bond donors (Lipinski definition) is 2. The molecular weight excluding hydrogens is 500 g/mol. The molecule has 0 saturated heterocycles. The van der Waals surface area contributed by atoms with Gasteiger partial charge in [-0.3, -0.25) is 14.6 Å². The first kappa shape index (κ1) is 26.1. The average molecular weight is 529 g/mol. The zero-order chi connectivity index (χ0) is 26.2. The lowest BCUT2D eigenvalue weighted by molar-refractivity contribution is -0.0685. The van der Waals surface area contributed by atoms with Crippen molar-refractivity contribution in [2.24, 2.45) is 0 Å². The van der Waals surface area contributed by atoms with Gasteiger partial charge in [0.05, 0.1) is 16.3 Å². The summed E-state index contributed by atoms with van der Waals surface area (Å²) in [7, 11) is 3.96. The minimum absolute atomic E-state index is 0.0821. The quantitative estimate of drug-likeness (QED) is 0.439. The van der Waals surface area contributed by atoms with E-state index in [9.17, 15) is 9.59 Å². The standard InChI is InChI=1S/C26H29ClN4O4S/c1-14-9-21(36-6)19(25(33)30-14)12-29-24(32)18-10-20(27)23-22(15(18)2)34-26(3,35-23)16-7-8-17(28-11-16)13-31(4)5/h7-11H,12-13H2,1-6H3,(H,29,32)(H,30,33). The molecule has 10 heteroatoms. The van der Waals surface area contributed by atoms with E-state index in [0.29, 0.717) is 28.2 Å². The number of halogens is 1. The fourth-order valence-corrected chi connectivity index (χ4v) is 5.03. The Hall–Kier alpha value is -3.01. The molecule has 190 valence electrons. The van der Waals surface area contributed by atoms with Gasteiger partial charge in [-0.2, -0.15) is 0 Å². The molecule has 1 aliphatic heterocycles. The van der Waals surface area contributed by atoms with Crippen LogP contribution in [0.2, 0.25) is 5.02 Å². The monoisotopic (exact) mass is 528 g/mol. The van der Waals surface area contributed by atoms with Gasteiger partial charge in [0.25, 0.3) is 17.3 Å². The number of aromatic nitrogens is 2. The van der Waals surface area contributed by atoms with E-state index in [-0.39, 0.29) is 23.0 Å². The van der Waals surface area contributed by atoms with Crippen molar-refractivity contribution in [1.82, 2.24) is 20.2 Å². The second kappa shape index (κ2) is 10.2. The van der Waals surface area contributed by atoms with E-state index in [0.717, 1.165) is 28.4 Å². The Balaban J connectivity index is 1.57. The molecule has 1 aliphatic rings. The fraction of sp³-hybridized carbons (Fsp3) is 0.346. The first-order valence-electron chi connectivity index (χ1n) is 11.4. The molecule has 8 nitrogen and oxygen atoms in total. The third-order valence-corrected chi connectivity index (χ3v) is 7.06. The average Bonchev–Trinajstić information content (AvgIpc) is 3.20. The third kappa shape index (κ3) is 5.09. The highest BCUT2D eigenvalue weighted by Crippen LogP contribution is 2.50. The van der Waals surface area contributed by atoms with Gasteiger partial charge in [-0.15, -0.1) is 11.8 Å². The Morgan fingerprint density at radius 1 is 1.22 bits per heavy atom. The number of pyridine rings is 2.